The molecule has 2 aromatic heterocycles. The number of carbonyl (C=O) groups excluding carboxylic acids is 1. The number of carbonyl (C=O) groups is 1. The van der Waals surface area contributed by atoms with Gasteiger partial charge in [0.2, 0.25) is 0 Å². The molecule has 0 aliphatic heterocycles. The molecule has 1 amide bonds. The van der Waals surface area contributed by atoms with Gasteiger partial charge in [0.25, 0.3) is 11.5 Å². The molecule has 2 heterocycles. The van der Waals surface area contributed by atoms with Crippen molar-refractivity contribution in [1.29, 1.82) is 0 Å². The molecule has 0 saturated heterocycles. The molecule has 0 bridgehead atoms. The second-order valence-electron chi connectivity index (χ2n) is 8.41. The van der Waals surface area contributed by atoms with E-state index < -0.39 is 0 Å². The smallest absolute Gasteiger partial charge is 0.267 e. The average molecular weight is 427 g/mol. The van der Waals surface area contributed by atoms with E-state index in [0.717, 1.165) is 60.0 Å². The normalized spacial score (nSPS) is 13.1. The SMILES string of the molecule is O=C(NCCc1c[nH]c2ccccc12)c1cccc(Cc2n[nH]c(=O)c3c2CCCC3)c1. The maximum Gasteiger partial charge on any atom is 0.267 e. The van der Waals surface area contributed by atoms with Crippen LogP contribution in [0.25, 0.3) is 10.9 Å². The van der Waals surface area contributed by atoms with E-state index in [1.807, 2.05) is 42.6 Å². The van der Waals surface area contributed by atoms with Gasteiger partial charge in [0.15, 0.2) is 0 Å². The quantitative estimate of drug-likeness (QED) is 0.439. The molecule has 0 fully saturated rings. The van der Waals surface area contributed by atoms with Crippen LogP contribution in [0.2, 0.25) is 0 Å². The zero-order valence-electron chi connectivity index (χ0n) is 17.9. The van der Waals surface area contributed by atoms with E-state index in [4.69, 9.17) is 0 Å². The summed E-state index contributed by atoms with van der Waals surface area (Å²) in [6, 6.07) is 15.8. The van der Waals surface area contributed by atoms with Gasteiger partial charge in [-0.05, 0) is 67.0 Å². The first-order valence-corrected chi connectivity index (χ1v) is 11.2. The fourth-order valence-electron chi connectivity index (χ4n) is 4.64. The van der Waals surface area contributed by atoms with Gasteiger partial charge in [-0.2, -0.15) is 5.10 Å². The monoisotopic (exact) mass is 426 g/mol. The van der Waals surface area contributed by atoms with Gasteiger partial charge in [-0.1, -0.05) is 30.3 Å². The topological polar surface area (TPSA) is 90.6 Å². The highest BCUT2D eigenvalue weighted by Crippen LogP contribution is 2.22. The average Bonchev–Trinajstić information content (AvgIpc) is 3.24. The maximum atomic E-state index is 12.7. The Labute approximate surface area is 186 Å². The van der Waals surface area contributed by atoms with Gasteiger partial charge in [-0.3, -0.25) is 9.59 Å². The van der Waals surface area contributed by atoms with Crippen molar-refractivity contribution in [3.63, 3.8) is 0 Å². The Morgan fingerprint density at radius 1 is 1.03 bits per heavy atom. The fraction of sp³-hybridized carbons (Fsp3) is 0.269. The third-order valence-electron chi connectivity index (χ3n) is 6.30. The molecule has 1 aliphatic rings. The molecule has 0 unspecified atom stereocenters. The summed E-state index contributed by atoms with van der Waals surface area (Å²) in [5.41, 5.74) is 6.79. The Bertz CT molecular complexity index is 1340. The second-order valence-corrected chi connectivity index (χ2v) is 8.41. The third-order valence-corrected chi connectivity index (χ3v) is 6.30. The Hall–Kier alpha value is -3.67. The molecule has 0 radical (unpaired) electrons. The minimum absolute atomic E-state index is 0.0632. The number of rotatable bonds is 6. The van der Waals surface area contributed by atoms with Crippen LogP contribution in [0.1, 0.15) is 51.1 Å². The molecule has 0 saturated carbocycles. The van der Waals surface area contributed by atoms with Crippen LogP contribution in [-0.2, 0) is 25.7 Å². The predicted octanol–water partition coefficient (Wildman–Crippen LogP) is 3.69. The van der Waals surface area contributed by atoms with Crippen LogP contribution in [0.3, 0.4) is 0 Å². The lowest BCUT2D eigenvalue weighted by atomic mass is 9.90. The summed E-state index contributed by atoms with van der Waals surface area (Å²) >= 11 is 0. The Balaban J connectivity index is 1.26. The summed E-state index contributed by atoms with van der Waals surface area (Å²) in [6.45, 7) is 0.569. The van der Waals surface area contributed by atoms with Crippen molar-refractivity contribution >= 4 is 16.8 Å². The number of H-pyrrole nitrogens is 2. The molecule has 32 heavy (non-hydrogen) atoms. The molecule has 3 N–H and O–H groups in total. The van der Waals surface area contributed by atoms with E-state index in [-0.39, 0.29) is 11.5 Å². The summed E-state index contributed by atoms with van der Waals surface area (Å²) in [4.78, 5) is 28.1. The first-order chi connectivity index (χ1) is 15.7. The molecule has 1 aliphatic carbocycles. The largest absolute Gasteiger partial charge is 0.361 e. The predicted molar refractivity (Wildman–Crippen MR) is 125 cm³/mol. The van der Waals surface area contributed by atoms with Gasteiger partial charge in [-0.25, -0.2) is 5.10 Å². The van der Waals surface area contributed by atoms with E-state index in [1.54, 1.807) is 0 Å². The van der Waals surface area contributed by atoms with Crippen LogP contribution >= 0.6 is 0 Å². The maximum absolute atomic E-state index is 12.7. The van der Waals surface area contributed by atoms with E-state index in [9.17, 15) is 9.59 Å². The summed E-state index contributed by atoms with van der Waals surface area (Å²) in [5.74, 6) is -0.0804. The van der Waals surface area contributed by atoms with Gasteiger partial charge in [-0.15, -0.1) is 0 Å². The number of benzene rings is 2. The number of hydrogen-bond acceptors (Lipinski definition) is 3. The fourth-order valence-corrected chi connectivity index (χ4v) is 4.64. The summed E-state index contributed by atoms with van der Waals surface area (Å²) in [5, 5.41) is 11.2. The number of para-hydroxylation sites is 1. The van der Waals surface area contributed by atoms with Crippen molar-refractivity contribution in [2.45, 2.75) is 38.5 Å². The zero-order chi connectivity index (χ0) is 21.9. The molecule has 6 nitrogen and oxygen atoms in total. The van der Waals surface area contributed by atoms with Crippen molar-refractivity contribution < 1.29 is 4.79 Å². The lowest BCUT2D eigenvalue weighted by Crippen LogP contribution is -2.25. The Morgan fingerprint density at radius 2 is 1.88 bits per heavy atom. The number of hydrogen-bond donors (Lipinski definition) is 3. The summed E-state index contributed by atoms with van der Waals surface area (Å²) in [7, 11) is 0. The van der Waals surface area contributed by atoms with E-state index in [1.165, 1.54) is 10.9 Å². The number of nitrogens with one attached hydrogen (secondary N) is 3. The van der Waals surface area contributed by atoms with Crippen LogP contribution in [0, 0.1) is 0 Å². The molecule has 162 valence electrons. The van der Waals surface area contributed by atoms with Crippen molar-refractivity contribution in [2.24, 2.45) is 0 Å². The van der Waals surface area contributed by atoms with Crippen molar-refractivity contribution in [3.8, 4) is 0 Å². The van der Waals surface area contributed by atoms with Gasteiger partial charge in [0, 0.05) is 41.2 Å². The number of aromatic amines is 2. The molecule has 6 heteroatoms. The highest BCUT2D eigenvalue weighted by molar-refractivity contribution is 5.94. The third kappa shape index (κ3) is 4.08. The van der Waals surface area contributed by atoms with Crippen LogP contribution in [-0.4, -0.2) is 27.6 Å². The van der Waals surface area contributed by atoms with Gasteiger partial charge in [0.05, 0.1) is 5.69 Å². The second kappa shape index (κ2) is 8.83. The van der Waals surface area contributed by atoms with Crippen molar-refractivity contribution in [1.82, 2.24) is 20.5 Å². The van der Waals surface area contributed by atoms with E-state index >= 15 is 0 Å². The van der Waals surface area contributed by atoms with E-state index in [0.29, 0.717) is 18.5 Å². The van der Waals surface area contributed by atoms with Crippen molar-refractivity contribution in [3.05, 3.63) is 98.6 Å². The molecular weight excluding hydrogens is 400 g/mol. The minimum atomic E-state index is -0.0804. The summed E-state index contributed by atoms with van der Waals surface area (Å²) < 4.78 is 0. The molecule has 2 aromatic carbocycles. The number of fused-ring (bicyclic) bond motifs is 2. The molecule has 5 rings (SSSR count). The Kier molecular flexibility index (Phi) is 5.58. The van der Waals surface area contributed by atoms with Gasteiger partial charge < -0.3 is 10.3 Å². The standard InChI is InChI=1S/C26H26N4O2/c31-25(27-13-12-19-16-28-23-11-4-3-8-20(19)23)18-7-5-6-17(14-18)15-24-21-9-1-2-10-22(21)26(32)30-29-24/h3-8,11,14,16,28H,1-2,9-10,12-13,15H2,(H,27,31)(H,30,32). The summed E-state index contributed by atoms with van der Waals surface area (Å²) in [6.07, 6.45) is 7.24. The lowest BCUT2D eigenvalue weighted by molar-refractivity contribution is 0.0954. The molecule has 4 aromatic rings. The van der Waals surface area contributed by atoms with Crippen LogP contribution < -0.4 is 10.9 Å². The molecule has 0 spiro atoms. The first-order valence-electron chi connectivity index (χ1n) is 11.2. The first kappa shape index (κ1) is 20.2. The van der Waals surface area contributed by atoms with Crippen LogP contribution in [0.4, 0.5) is 0 Å². The zero-order valence-corrected chi connectivity index (χ0v) is 17.9. The Morgan fingerprint density at radius 3 is 2.78 bits per heavy atom. The number of aromatic nitrogens is 3. The van der Waals surface area contributed by atoms with E-state index in [2.05, 4.69) is 32.6 Å². The highest BCUT2D eigenvalue weighted by Gasteiger charge is 2.18. The van der Waals surface area contributed by atoms with Crippen LogP contribution in [0.15, 0.2) is 59.5 Å². The highest BCUT2D eigenvalue weighted by atomic mass is 16.1. The van der Waals surface area contributed by atoms with Crippen LogP contribution in [0.5, 0.6) is 0 Å². The van der Waals surface area contributed by atoms with Gasteiger partial charge in [0.1, 0.15) is 0 Å². The number of amides is 1. The van der Waals surface area contributed by atoms with Crippen molar-refractivity contribution in [2.75, 3.05) is 6.54 Å². The van der Waals surface area contributed by atoms with Gasteiger partial charge >= 0.3 is 0 Å². The molecule has 0 atom stereocenters. The number of nitrogens with zero attached hydrogens (tertiary/aromatic N) is 1. The molecular formula is C26H26N4O2. The minimum Gasteiger partial charge on any atom is -0.361 e. The lowest BCUT2D eigenvalue weighted by Gasteiger charge is -2.17.